The van der Waals surface area contributed by atoms with Crippen molar-refractivity contribution in [2.45, 2.75) is 22.4 Å². The Balaban J connectivity index is 1.69. The maximum Gasteiger partial charge on any atom is 0.416 e. The Morgan fingerprint density at radius 2 is 1.48 bits per heavy atom. The van der Waals surface area contributed by atoms with Gasteiger partial charge in [-0.1, -0.05) is 23.5 Å². The Morgan fingerprint density at radius 1 is 0.903 bits per heavy atom. The average Bonchev–Trinajstić information content (AvgIpc) is 3.10. The minimum Gasteiger partial charge on any atom is -0.255 e. The molecule has 0 aliphatic carbocycles. The molecule has 0 unspecified atom stereocenters. The molecule has 31 heavy (non-hydrogen) atoms. The zero-order valence-corrected chi connectivity index (χ0v) is 17.9. The number of aromatic nitrogens is 1. The van der Waals surface area contributed by atoms with Crippen molar-refractivity contribution >= 4 is 36.3 Å². The molecule has 0 aliphatic rings. The van der Waals surface area contributed by atoms with Crippen LogP contribution in [0.4, 0.5) is 22.7 Å². The second-order valence-corrected chi connectivity index (χ2v) is 11.1. The number of nitrogens with zero attached hydrogens (tertiary/aromatic N) is 1. The SMILES string of the molecule is O=S(=O)(CCc1ccc(C(F)(F)F)cc1)c1ccc(S(=O)(=O)Nc2ncc(F)s2)cc1. The Hall–Kier alpha value is -2.51. The van der Waals surface area contributed by atoms with Gasteiger partial charge in [-0.2, -0.15) is 17.6 Å². The van der Waals surface area contributed by atoms with Gasteiger partial charge in [0.05, 0.1) is 27.3 Å². The van der Waals surface area contributed by atoms with Crippen LogP contribution in [0.15, 0.2) is 64.5 Å². The lowest BCUT2D eigenvalue weighted by atomic mass is 10.1. The lowest BCUT2D eigenvalue weighted by Gasteiger charge is -2.09. The van der Waals surface area contributed by atoms with E-state index in [0.717, 1.165) is 42.6 Å². The van der Waals surface area contributed by atoms with E-state index in [1.165, 1.54) is 12.1 Å². The number of benzene rings is 2. The van der Waals surface area contributed by atoms with Crippen LogP contribution in [0, 0.1) is 5.13 Å². The summed E-state index contributed by atoms with van der Waals surface area (Å²) in [6.45, 7) is 0. The number of sulfone groups is 1. The van der Waals surface area contributed by atoms with Gasteiger partial charge < -0.3 is 0 Å². The van der Waals surface area contributed by atoms with Gasteiger partial charge in [-0.25, -0.2) is 21.8 Å². The van der Waals surface area contributed by atoms with Crippen molar-refractivity contribution in [3.05, 3.63) is 71.0 Å². The molecule has 0 saturated carbocycles. The Morgan fingerprint density at radius 3 is 2.00 bits per heavy atom. The summed E-state index contributed by atoms with van der Waals surface area (Å²) in [6.07, 6.45) is -3.64. The molecule has 2 aromatic carbocycles. The summed E-state index contributed by atoms with van der Waals surface area (Å²) in [5.74, 6) is -0.374. The summed E-state index contributed by atoms with van der Waals surface area (Å²) in [4.78, 5) is 3.16. The van der Waals surface area contributed by atoms with E-state index < -0.39 is 36.7 Å². The van der Waals surface area contributed by atoms with E-state index in [2.05, 4.69) is 9.71 Å². The maximum atomic E-state index is 13.0. The lowest BCUT2D eigenvalue weighted by Crippen LogP contribution is -2.14. The fourth-order valence-corrected chi connectivity index (χ4v) is 5.61. The second-order valence-electron chi connectivity index (χ2n) is 6.31. The summed E-state index contributed by atoms with van der Waals surface area (Å²) in [5, 5.41) is -0.849. The molecule has 1 aromatic heterocycles. The molecule has 0 aliphatic heterocycles. The van der Waals surface area contributed by atoms with Crippen LogP contribution in [0.5, 0.6) is 0 Å². The number of aryl methyl sites for hydroxylation is 1. The highest BCUT2D eigenvalue weighted by Crippen LogP contribution is 2.29. The minimum atomic E-state index is -4.48. The van der Waals surface area contributed by atoms with Gasteiger partial charge in [-0.3, -0.25) is 4.72 Å². The highest BCUT2D eigenvalue weighted by Gasteiger charge is 2.30. The van der Waals surface area contributed by atoms with Crippen molar-refractivity contribution in [1.29, 1.82) is 0 Å². The molecule has 0 spiro atoms. The normalized spacial score (nSPS) is 12.6. The lowest BCUT2D eigenvalue weighted by molar-refractivity contribution is -0.137. The highest BCUT2D eigenvalue weighted by atomic mass is 32.2. The molecule has 0 atom stereocenters. The predicted molar refractivity (Wildman–Crippen MR) is 107 cm³/mol. The number of anilines is 1. The van der Waals surface area contributed by atoms with Crippen LogP contribution in [0.2, 0.25) is 0 Å². The molecule has 1 N–H and O–H groups in total. The first-order valence-electron chi connectivity index (χ1n) is 8.50. The molecular formula is C18H14F4N2O4S3. The Bertz CT molecular complexity index is 1270. The first-order chi connectivity index (χ1) is 14.4. The average molecular weight is 495 g/mol. The van der Waals surface area contributed by atoms with Gasteiger partial charge in [-0.05, 0) is 48.4 Å². The third-order valence-electron chi connectivity index (χ3n) is 4.13. The Kier molecular flexibility index (Phi) is 6.39. The van der Waals surface area contributed by atoms with Crippen LogP contribution in [0.1, 0.15) is 11.1 Å². The van der Waals surface area contributed by atoms with E-state index in [-0.39, 0.29) is 27.1 Å². The molecule has 0 fully saturated rings. The second kappa shape index (κ2) is 8.55. The van der Waals surface area contributed by atoms with Gasteiger partial charge in [0.15, 0.2) is 20.1 Å². The first-order valence-corrected chi connectivity index (χ1v) is 12.5. The van der Waals surface area contributed by atoms with Crippen LogP contribution >= 0.6 is 11.3 Å². The number of hydrogen-bond donors (Lipinski definition) is 1. The first kappa shape index (κ1) is 23.2. The van der Waals surface area contributed by atoms with Crippen molar-refractivity contribution in [1.82, 2.24) is 4.98 Å². The summed E-state index contributed by atoms with van der Waals surface area (Å²) in [7, 11) is -7.90. The smallest absolute Gasteiger partial charge is 0.255 e. The van der Waals surface area contributed by atoms with Gasteiger partial charge in [0.25, 0.3) is 10.0 Å². The van der Waals surface area contributed by atoms with Crippen LogP contribution in [-0.4, -0.2) is 27.6 Å². The van der Waals surface area contributed by atoms with E-state index >= 15 is 0 Å². The zero-order valence-electron chi connectivity index (χ0n) is 15.4. The van der Waals surface area contributed by atoms with Crippen molar-refractivity contribution in [2.75, 3.05) is 10.5 Å². The monoisotopic (exact) mass is 494 g/mol. The number of nitrogens with one attached hydrogen (secondary N) is 1. The van der Waals surface area contributed by atoms with Gasteiger partial charge >= 0.3 is 6.18 Å². The maximum absolute atomic E-state index is 13.0. The van der Waals surface area contributed by atoms with E-state index in [1.807, 2.05) is 0 Å². The standard InChI is InChI=1S/C18H14F4N2O4S3/c19-16-11-23-17(29-16)24-31(27,28)15-7-5-14(6-8-15)30(25,26)10-9-12-1-3-13(4-2-12)18(20,21)22/h1-8,11H,9-10H2,(H,23,24). The number of rotatable bonds is 7. The van der Waals surface area contributed by atoms with Crippen LogP contribution < -0.4 is 4.72 Å². The number of sulfonamides is 1. The van der Waals surface area contributed by atoms with Crippen LogP contribution in [0.3, 0.4) is 0 Å². The Labute approximate surface area is 179 Å². The minimum absolute atomic E-state index is 0.0162. The molecule has 0 bridgehead atoms. The molecule has 0 radical (unpaired) electrons. The third kappa shape index (κ3) is 5.80. The number of hydrogen-bond acceptors (Lipinski definition) is 6. The molecule has 0 amide bonds. The molecule has 3 rings (SSSR count). The number of alkyl halides is 3. The molecule has 13 heteroatoms. The fraction of sp³-hybridized carbons (Fsp3) is 0.167. The summed E-state index contributed by atoms with van der Waals surface area (Å²) in [6, 6.07) is 8.56. The van der Waals surface area contributed by atoms with Crippen molar-refractivity contribution < 1.29 is 34.4 Å². The third-order valence-corrected chi connectivity index (χ3v) is 8.05. The van der Waals surface area contributed by atoms with E-state index in [9.17, 15) is 34.4 Å². The predicted octanol–water partition coefficient (Wildman–Crippen LogP) is 4.12. The topological polar surface area (TPSA) is 93.2 Å². The van der Waals surface area contributed by atoms with Gasteiger partial charge in [0.1, 0.15) is 0 Å². The largest absolute Gasteiger partial charge is 0.416 e. The van der Waals surface area contributed by atoms with E-state index in [0.29, 0.717) is 16.9 Å². The van der Waals surface area contributed by atoms with Crippen molar-refractivity contribution in [2.24, 2.45) is 0 Å². The van der Waals surface area contributed by atoms with Crippen molar-refractivity contribution in [3.63, 3.8) is 0 Å². The summed E-state index contributed by atoms with van der Waals surface area (Å²) in [5.41, 5.74) is -0.416. The molecule has 3 aromatic rings. The quantitative estimate of drug-likeness (QED) is 0.499. The van der Waals surface area contributed by atoms with Gasteiger partial charge in [0.2, 0.25) is 0 Å². The van der Waals surface area contributed by atoms with Crippen LogP contribution in [0.25, 0.3) is 0 Å². The molecule has 1 heterocycles. The molecule has 166 valence electrons. The highest BCUT2D eigenvalue weighted by molar-refractivity contribution is 7.93. The van der Waals surface area contributed by atoms with Crippen molar-refractivity contribution in [3.8, 4) is 0 Å². The van der Waals surface area contributed by atoms with E-state index in [4.69, 9.17) is 0 Å². The molecule has 6 nitrogen and oxygen atoms in total. The number of thiazole rings is 1. The van der Waals surface area contributed by atoms with Crippen LogP contribution in [-0.2, 0) is 32.5 Å². The summed E-state index contributed by atoms with van der Waals surface area (Å²) >= 11 is 0.497. The van der Waals surface area contributed by atoms with E-state index in [1.54, 1.807) is 0 Å². The molecule has 0 saturated heterocycles. The fourth-order valence-electron chi connectivity index (χ4n) is 2.53. The number of halogens is 4. The van der Waals surface area contributed by atoms with Gasteiger partial charge in [0, 0.05) is 0 Å². The van der Waals surface area contributed by atoms with Gasteiger partial charge in [-0.15, -0.1) is 0 Å². The summed E-state index contributed by atoms with van der Waals surface area (Å²) < 4.78 is 102. The molecular weight excluding hydrogens is 480 g/mol. The zero-order chi connectivity index (χ0) is 22.9.